The van der Waals surface area contributed by atoms with Crippen LogP contribution in [0.5, 0.6) is 0 Å². The van der Waals surface area contributed by atoms with Gasteiger partial charge in [0.05, 0.1) is 0 Å². The van der Waals surface area contributed by atoms with Gasteiger partial charge in [0.1, 0.15) is 22.3 Å². The van der Waals surface area contributed by atoms with Crippen LogP contribution >= 0.6 is 0 Å². The van der Waals surface area contributed by atoms with Gasteiger partial charge in [0.2, 0.25) is 0 Å². The van der Waals surface area contributed by atoms with Crippen molar-refractivity contribution in [2.75, 3.05) is 0 Å². The molecule has 2 heterocycles. The van der Waals surface area contributed by atoms with Gasteiger partial charge in [-0.25, -0.2) is 0 Å². The van der Waals surface area contributed by atoms with Gasteiger partial charge >= 0.3 is 0 Å². The Balaban J connectivity index is 1.25. The summed E-state index contributed by atoms with van der Waals surface area (Å²) in [6, 6.07) is 56.5. The number of hydrogen-bond donors (Lipinski definition) is 0. The molecule has 11 rings (SSSR count). The molecule has 0 aliphatic heterocycles. The second kappa shape index (κ2) is 9.57. The maximum Gasteiger partial charge on any atom is 0.144 e. The van der Waals surface area contributed by atoms with Crippen LogP contribution in [-0.2, 0) is 0 Å². The third kappa shape index (κ3) is 3.41. The molecule has 0 amide bonds. The molecule has 2 heteroatoms. The van der Waals surface area contributed by atoms with E-state index in [1.807, 2.05) is 6.07 Å². The number of para-hydroxylation sites is 1. The molecule has 0 atom stereocenters. The highest BCUT2D eigenvalue weighted by molar-refractivity contribution is 6.34. The summed E-state index contributed by atoms with van der Waals surface area (Å²) in [5.41, 5.74) is 8.45. The SMILES string of the molecule is c1ccc2c(-c3c4ccccc4c(-c4ccc5c(c4)oc4c6ccccc6c6oc7ccccc7c6c54)c4ccccc34)cccc2c1. The Morgan fingerprint density at radius 2 is 0.792 bits per heavy atom. The first-order chi connectivity index (χ1) is 23.8. The van der Waals surface area contributed by atoms with E-state index in [0.717, 1.165) is 60.2 Å². The van der Waals surface area contributed by atoms with E-state index in [4.69, 9.17) is 8.83 Å². The molecule has 0 N–H and O–H groups in total. The third-order valence-corrected chi connectivity index (χ3v) is 10.2. The molecular formula is C46H26O2. The summed E-state index contributed by atoms with van der Waals surface area (Å²) in [4.78, 5) is 0. The number of benzene rings is 9. The standard InChI is InChI=1S/C46H26O2/c1-2-14-29-27(12-1)13-11-22-30(29)42-33-17-5-3-15-31(33)41(32-16-4-6-18-34(32)42)28-24-25-38-40(26-28)48-46-36-20-8-7-19-35(36)45-43(44(38)46)37-21-9-10-23-39(37)47-45/h1-26H. The van der Waals surface area contributed by atoms with Crippen LogP contribution in [-0.4, -0.2) is 0 Å². The summed E-state index contributed by atoms with van der Waals surface area (Å²) in [5, 5.41) is 14.0. The van der Waals surface area contributed by atoms with E-state index in [-0.39, 0.29) is 0 Å². The van der Waals surface area contributed by atoms with E-state index in [0.29, 0.717) is 0 Å². The van der Waals surface area contributed by atoms with E-state index in [2.05, 4.69) is 152 Å². The monoisotopic (exact) mass is 610 g/mol. The Morgan fingerprint density at radius 1 is 0.312 bits per heavy atom. The normalized spacial score (nSPS) is 12.2. The van der Waals surface area contributed by atoms with Crippen molar-refractivity contribution in [2.24, 2.45) is 0 Å². The van der Waals surface area contributed by atoms with Gasteiger partial charge in [-0.05, 0) is 72.8 Å². The summed E-state index contributed by atoms with van der Waals surface area (Å²) in [6.45, 7) is 0. The van der Waals surface area contributed by atoms with E-state index in [1.165, 1.54) is 49.0 Å². The lowest BCUT2D eigenvalue weighted by Crippen LogP contribution is -1.91. The maximum atomic E-state index is 6.88. The van der Waals surface area contributed by atoms with Gasteiger partial charge in [0.25, 0.3) is 0 Å². The van der Waals surface area contributed by atoms with Crippen LogP contribution < -0.4 is 0 Å². The van der Waals surface area contributed by atoms with Gasteiger partial charge in [0.15, 0.2) is 0 Å². The van der Waals surface area contributed by atoms with E-state index in [9.17, 15) is 0 Å². The molecule has 0 radical (unpaired) electrons. The Hall–Kier alpha value is -6.38. The zero-order valence-corrected chi connectivity index (χ0v) is 25.8. The van der Waals surface area contributed by atoms with Crippen LogP contribution in [0.15, 0.2) is 167 Å². The Kier molecular flexibility index (Phi) is 5.14. The number of hydrogen-bond acceptors (Lipinski definition) is 2. The molecular weight excluding hydrogens is 585 g/mol. The van der Waals surface area contributed by atoms with E-state index in [1.54, 1.807) is 0 Å². The highest BCUT2D eigenvalue weighted by Gasteiger charge is 2.22. The molecule has 2 nitrogen and oxygen atoms in total. The first kappa shape index (κ1) is 25.8. The molecule has 222 valence electrons. The lowest BCUT2D eigenvalue weighted by molar-refractivity contribution is 0.668. The maximum absolute atomic E-state index is 6.88. The third-order valence-electron chi connectivity index (χ3n) is 10.2. The number of furan rings is 2. The summed E-state index contributed by atoms with van der Waals surface area (Å²) < 4.78 is 13.4. The lowest BCUT2D eigenvalue weighted by atomic mass is 9.84. The first-order valence-electron chi connectivity index (χ1n) is 16.4. The average molecular weight is 611 g/mol. The van der Waals surface area contributed by atoms with Crippen molar-refractivity contribution in [1.82, 2.24) is 0 Å². The Bertz CT molecular complexity index is 3060. The first-order valence-corrected chi connectivity index (χ1v) is 16.4. The van der Waals surface area contributed by atoms with Crippen molar-refractivity contribution in [2.45, 2.75) is 0 Å². The van der Waals surface area contributed by atoms with Gasteiger partial charge in [0, 0.05) is 32.3 Å². The minimum Gasteiger partial charge on any atom is -0.455 e. The van der Waals surface area contributed by atoms with E-state index >= 15 is 0 Å². The summed E-state index contributed by atoms with van der Waals surface area (Å²) in [5.74, 6) is 0. The predicted molar refractivity (Wildman–Crippen MR) is 202 cm³/mol. The van der Waals surface area contributed by atoms with Crippen LogP contribution in [0.25, 0.3) is 109 Å². The van der Waals surface area contributed by atoms with Gasteiger partial charge in [-0.3, -0.25) is 0 Å². The van der Waals surface area contributed by atoms with Crippen LogP contribution in [0.2, 0.25) is 0 Å². The summed E-state index contributed by atoms with van der Waals surface area (Å²) >= 11 is 0. The van der Waals surface area contributed by atoms with Gasteiger partial charge < -0.3 is 8.83 Å². The zero-order valence-electron chi connectivity index (χ0n) is 25.8. The molecule has 2 aromatic heterocycles. The fourth-order valence-electron chi connectivity index (χ4n) is 8.23. The molecule has 0 spiro atoms. The van der Waals surface area contributed by atoms with Gasteiger partial charge in [-0.1, -0.05) is 140 Å². The largest absolute Gasteiger partial charge is 0.455 e. The van der Waals surface area contributed by atoms with Crippen molar-refractivity contribution in [3.63, 3.8) is 0 Å². The van der Waals surface area contributed by atoms with Crippen molar-refractivity contribution >= 4 is 87.0 Å². The van der Waals surface area contributed by atoms with Crippen LogP contribution in [0, 0.1) is 0 Å². The van der Waals surface area contributed by atoms with Crippen LogP contribution in [0.3, 0.4) is 0 Å². The van der Waals surface area contributed by atoms with E-state index < -0.39 is 0 Å². The zero-order chi connectivity index (χ0) is 31.3. The molecule has 0 saturated heterocycles. The van der Waals surface area contributed by atoms with Crippen molar-refractivity contribution in [3.05, 3.63) is 158 Å². The van der Waals surface area contributed by atoms with Crippen LogP contribution in [0.4, 0.5) is 0 Å². The molecule has 0 unspecified atom stereocenters. The predicted octanol–water partition coefficient (Wildman–Crippen LogP) is 13.4. The molecule has 0 aliphatic rings. The van der Waals surface area contributed by atoms with Crippen molar-refractivity contribution < 1.29 is 8.83 Å². The molecule has 48 heavy (non-hydrogen) atoms. The second-order valence-electron chi connectivity index (χ2n) is 12.7. The van der Waals surface area contributed by atoms with Crippen LogP contribution in [0.1, 0.15) is 0 Å². The highest BCUT2D eigenvalue weighted by Crippen LogP contribution is 2.48. The highest BCUT2D eigenvalue weighted by atomic mass is 16.3. The minimum atomic E-state index is 0.872. The fraction of sp³-hybridized carbons (Fsp3) is 0. The molecule has 0 aliphatic carbocycles. The molecule has 0 fully saturated rings. The molecule has 9 aromatic carbocycles. The summed E-state index contributed by atoms with van der Waals surface area (Å²) in [6.07, 6.45) is 0. The topological polar surface area (TPSA) is 26.3 Å². The smallest absolute Gasteiger partial charge is 0.144 e. The quantitative estimate of drug-likeness (QED) is 0.182. The van der Waals surface area contributed by atoms with Crippen molar-refractivity contribution in [3.8, 4) is 22.3 Å². The number of rotatable bonds is 2. The molecule has 0 saturated carbocycles. The summed E-state index contributed by atoms with van der Waals surface area (Å²) in [7, 11) is 0. The average Bonchev–Trinajstić information content (AvgIpc) is 3.72. The Morgan fingerprint density at radius 3 is 1.46 bits per heavy atom. The molecule has 11 aromatic rings. The lowest BCUT2D eigenvalue weighted by Gasteiger charge is -2.18. The second-order valence-corrected chi connectivity index (χ2v) is 12.7. The Labute approximate surface area is 275 Å². The van der Waals surface area contributed by atoms with Gasteiger partial charge in [-0.15, -0.1) is 0 Å². The fourth-order valence-corrected chi connectivity index (χ4v) is 8.23. The van der Waals surface area contributed by atoms with Crippen molar-refractivity contribution in [1.29, 1.82) is 0 Å². The number of fused-ring (bicyclic) bond motifs is 13. The molecule has 0 bridgehead atoms. The minimum absolute atomic E-state index is 0.872. The van der Waals surface area contributed by atoms with Gasteiger partial charge in [-0.2, -0.15) is 0 Å².